The quantitative estimate of drug-likeness (QED) is 0.629. The average Bonchev–Trinajstić information content (AvgIpc) is 2.50. The molecule has 124 valence electrons. The summed E-state index contributed by atoms with van der Waals surface area (Å²) in [5.74, 6) is -0.792. The first kappa shape index (κ1) is 19.1. The number of carbonyl (C=O) groups is 1. The zero-order valence-electron chi connectivity index (χ0n) is 12.8. The summed E-state index contributed by atoms with van der Waals surface area (Å²) in [5.41, 5.74) is 0.778. The van der Waals surface area contributed by atoms with Gasteiger partial charge in [0.2, 0.25) is 10.0 Å². The molecule has 0 fully saturated rings. The van der Waals surface area contributed by atoms with Crippen LogP contribution in [-0.4, -0.2) is 51.3 Å². The molecule has 0 N–H and O–H groups in total. The molecule has 0 unspecified atom stereocenters. The van der Waals surface area contributed by atoms with Gasteiger partial charge in [-0.15, -0.1) is 0 Å². The van der Waals surface area contributed by atoms with Crippen molar-refractivity contribution in [1.82, 2.24) is 4.31 Å². The fraction of sp³-hybridized carbons (Fsp3) is 0.500. The molecular formula is C14H20BrNO5S. The molecule has 0 spiro atoms. The van der Waals surface area contributed by atoms with E-state index in [-0.39, 0.29) is 18.9 Å². The predicted octanol–water partition coefficient (Wildman–Crippen LogP) is 1.79. The minimum absolute atomic E-state index is 0.0626. The number of nitrogens with zero attached hydrogens (tertiary/aromatic N) is 1. The molecule has 0 amide bonds. The Morgan fingerprint density at radius 2 is 1.86 bits per heavy atom. The van der Waals surface area contributed by atoms with Crippen LogP contribution in [0.15, 0.2) is 28.7 Å². The van der Waals surface area contributed by atoms with Crippen molar-refractivity contribution in [3.8, 4) is 0 Å². The maximum Gasteiger partial charge on any atom is 0.323 e. The number of esters is 1. The number of benzene rings is 1. The second-order valence-corrected chi connectivity index (χ2v) is 7.64. The van der Waals surface area contributed by atoms with Gasteiger partial charge in [0.1, 0.15) is 6.04 Å². The summed E-state index contributed by atoms with van der Waals surface area (Å²) >= 11 is 3.33. The van der Waals surface area contributed by atoms with Gasteiger partial charge in [-0.25, -0.2) is 8.42 Å². The molecular weight excluding hydrogens is 374 g/mol. The van der Waals surface area contributed by atoms with Gasteiger partial charge >= 0.3 is 5.97 Å². The lowest BCUT2D eigenvalue weighted by atomic mass is 10.2. The van der Waals surface area contributed by atoms with Crippen LogP contribution in [0.1, 0.15) is 12.5 Å². The van der Waals surface area contributed by atoms with Gasteiger partial charge in [0.25, 0.3) is 0 Å². The van der Waals surface area contributed by atoms with E-state index in [1.54, 1.807) is 12.1 Å². The average molecular weight is 394 g/mol. The van der Waals surface area contributed by atoms with Crippen LogP contribution in [0, 0.1) is 0 Å². The molecule has 1 atom stereocenters. The Morgan fingerprint density at radius 1 is 1.27 bits per heavy atom. The van der Waals surface area contributed by atoms with Crippen molar-refractivity contribution in [3.63, 3.8) is 0 Å². The Labute approximate surface area is 139 Å². The third-order valence-electron chi connectivity index (χ3n) is 3.13. The first-order valence-electron chi connectivity index (χ1n) is 6.62. The number of rotatable bonds is 8. The third-order valence-corrected chi connectivity index (χ3v) is 5.50. The molecule has 0 heterocycles. The van der Waals surface area contributed by atoms with Gasteiger partial charge < -0.3 is 9.47 Å². The van der Waals surface area contributed by atoms with E-state index in [4.69, 9.17) is 4.74 Å². The van der Waals surface area contributed by atoms with Crippen molar-refractivity contribution in [2.24, 2.45) is 0 Å². The van der Waals surface area contributed by atoms with Gasteiger partial charge in [0, 0.05) is 18.1 Å². The number of ether oxygens (including phenoxy) is 2. The molecule has 0 aliphatic heterocycles. The Morgan fingerprint density at radius 3 is 2.36 bits per heavy atom. The Bertz CT molecular complexity index is 588. The van der Waals surface area contributed by atoms with Crippen molar-refractivity contribution in [2.45, 2.75) is 19.5 Å². The highest BCUT2D eigenvalue weighted by atomic mass is 79.9. The summed E-state index contributed by atoms with van der Waals surface area (Å²) in [5, 5.41) is 0. The van der Waals surface area contributed by atoms with E-state index in [1.807, 2.05) is 12.1 Å². The topological polar surface area (TPSA) is 72.9 Å². The second kappa shape index (κ2) is 8.61. The Hall–Kier alpha value is -0.960. The van der Waals surface area contributed by atoms with E-state index < -0.39 is 22.0 Å². The normalized spacial score (nSPS) is 13.1. The lowest BCUT2D eigenvalue weighted by molar-refractivity contribution is -0.144. The Kier molecular flexibility index (Phi) is 7.47. The van der Waals surface area contributed by atoms with Crippen molar-refractivity contribution < 1.29 is 22.7 Å². The number of hydrogen-bond donors (Lipinski definition) is 0. The predicted molar refractivity (Wildman–Crippen MR) is 86.8 cm³/mol. The van der Waals surface area contributed by atoms with Crippen LogP contribution >= 0.6 is 15.9 Å². The number of halogens is 1. The minimum atomic E-state index is -3.65. The molecule has 0 radical (unpaired) electrons. The van der Waals surface area contributed by atoms with Gasteiger partial charge in [-0.05, 0) is 24.6 Å². The van der Waals surface area contributed by atoms with E-state index in [0.717, 1.165) is 14.3 Å². The van der Waals surface area contributed by atoms with Crippen molar-refractivity contribution >= 4 is 31.9 Å². The summed E-state index contributed by atoms with van der Waals surface area (Å²) in [6.07, 6.45) is 0. The molecule has 0 aromatic heterocycles. The summed E-state index contributed by atoms with van der Waals surface area (Å²) in [4.78, 5) is 11.8. The van der Waals surface area contributed by atoms with Gasteiger partial charge in [-0.3, -0.25) is 4.79 Å². The van der Waals surface area contributed by atoms with Crippen molar-refractivity contribution in [1.29, 1.82) is 0 Å². The molecule has 1 aromatic rings. The molecule has 0 aliphatic carbocycles. The van der Waals surface area contributed by atoms with Crippen LogP contribution in [0.25, 0.3) is 0 Å². The summed E-state index contributed by atoms with van der Waals surface area (Å²) in [6, 6.07) is 6.33. The number of methoxy groups -OCH3 is 2. The number of carbonyl (C=O) groups excluding carboxylic acids is 1. The van der Waals surface area contributed by atoms with Crippen LogP contribution in [0.2, 0.25) is 0 Å². The van der Waals surface area contributed by atoms with Crippen LogP contribution in [0.5, 0.6) is 0 Å². The van der Waals surface area contributed by atoms with Gasteiger partial charge in [0.05, 0.1) is 19.5 Å². The lowest BCUT2D eigenvalue weighted by Crippen LogP contribution is -2.44. The van der Waals surface area contributed by atoms with Crippen LogP contribution in [0.3, 0.4) is 0 Å². The lowest BCUT2D eigenvalue weighted by Gasteiger charge is -2.26. The zero-order chi connectivity index (χ0) is 16.8. The third kappa shape index (κ3) is 5.35. The standard InChI is InChI=1S/C14H20BrNO5S/c1-11(14(17)21-3)16(22(18,19)9-8-20-2)10-12-4-6-13(15)7-5-12/h4-7,11H,8-10H2,1-3H3/t11-/m0/s1. The fourth-order valence-corrected chi connectivity index (χ4v) is 3.63. The van der Waals surface area contributed by atoms with Crippen molar-refractivity contribution in [2.75, 3.05) is 26.6 Å². The molecule has 0 saturated carbocycles. The minimum Gasteiger partial charge on any atom is -0.468 e. The molecule has 0 bridgehead atoms. The molecule has 8 heteroatoms. The summed E-state index contributed by atoms with van der Waals surface area (Å²) in [6.45, 7) is 1.66. The summed E-state index contributed by atoms with van der Waals surface area (Å²) < 4.78 is 36.4. The van der Waals surface area contributed by atoms with Crippen LogP contribution in [-0.2, 0) is 30.8 Å². The fourth-order valence-electron chi connectivity index (χ4n) is 1.84. The van der Waals surface area contributed by atoms with E-state index in [1.165, 1.54) is 21.1 Å². The van der Waals surface area contributed by atoms with Gasteiger partial charge in [0.15, 0.2) is 0 Å². The number of sulfonamides is 1. The number of hydrogen-bond acceptors (Lipinski definition) is 5. The van der Waals surface area contributed by atoms with Crippen LogP contribution in [0.4, 0.5) is 0 Å². The highest BCUT2D eigenvalue weighted by Gasteiger charge is 2.32. The maximum absolute atomic E-state index is 12.5. The molecule has 22 heavy (non-hydrogen) atoms. The molecule has 1 rings (SSSR count). The summed E-state index contributed by atoms with van der Waals surface area (Å²) in [7, 11) is -0.988. The maximum atomic E-state index is 12.5. The SMILES string of the molecule is COCCS(=O)(=O)N(Cc1ccc(Br)cc1)[C@@H](C)C(=O)OC. The molecule has 6 nitrogen and oxygen atoms in total. The second-order valence-electron chi connectivity index (χ2n) is 4.68. The highest BCUT2D eigenvalue weighted by Crippen LogP contribution is 2.17. The molecule has 0 aliphatic rings. The van der Waals surface area contributed by atoms with E-state index in [0.29, 0.717) is 0 Å². The van der Waals surface area contributed by atoms with Gasteiger partial charge in [-0.2, -0.15) is 4.31 Å². The molecule has 1 aromatic carbocycles. The smallest absolute Gasteiger partial charge is 0.323 e. The highest BCUT2D eigenvalue weighted by molar-refractivity contribution is 9.10. The van der Waals surface area contributed by atoms with E-state index >= 15 is 0 Å². The first-order valence-corrected chi connectivity index (χ1v) is 9.02. The van der Waals surface area contributed by atoms with E-state index in [9.17, 15) is 13.2 Å². The largest absolute Gasteiger partial charge is 0.468 e. The van der Waals surface area contributed by atoms with Crippen LogP contribution < -0.4 is 0 Å². The Balaban J connectivity index is 3.05. The zero-order valence-corrected chi connectivity index (χ0v) is 15.2. The molecule has 0 saturated heterocycles. The first-order chi connectivity index (χ1) is 10.3. The van der Waals surface area contributed by atoms with Gasteiger partial charge in [-0.1, -0.05) is 28.1 Å². The monoisotopic (exact) mass is 393 g/mol. The van der Waals surface area contributed by atoms with E-state index in [2.05, 4.69) is 20.7 Å². The van der Waals surface area contributed by atoms with Crippen molar-refractivity contribution in [3.05, 3.63) is 34.3 Å².